The zero-order valence-electron chi connectivity index (χ0n) is 6.12. The van der Waals surface area contributed by atoms with Gasteiger partial charge in [0.1, 0.15) is 11.6 Å². The van der Waals surface area contributed by atoms with Gasteiger partial charge in [0.2, 0.25) is 0 Å². The topological polar surface area (TPSA) is 51.8 Å². The van der Waals surface area contributed by atoms with Gasteiger partial charge in [-0.1, -0.05) is 0 Å². The number of aromatic nitrogens is 2. The Morgan fingerprint density at radius 2 is 2.33 bits per heavy atom. The fourth-order valence-electron chi connectivity index (χ4n) is 0.996. The van der Waals surface area contributed by atoms with E-state index >= 15 is 0 Å². The SMILES string of the molecule is Nc1nc(CCl)nc2ccsc12. The largest absolute Gasteiger partial charge is 0.382 e. The minimum Gasteiger partial charge on any atom is -0.382 e. The predicted octanol–water partition coefficient (Wildman–Crippen LogP) is 2.01. The Bertz CT molecular complexity index is 412. The highest BCUT2D eigenvalue weighted by atomic mass is 35.5. The van der Waals surface area contributed by atoms with E-state index in [0.29, 0.717) is 17.5 Å². The van der Waals surface area contributed by atoms with Gasteiger partial charge in [-0.15, -0.1) is 22.9 Å². The van der Waals surface area contributed by atoms with Crippen molar-refractivity contribution in [3.05, 3.63) is 17.3 Å². The van der Waals surface area contributed by atoms with Crippen molar-refractivity contribution < 1.29 is 0 Å². The highest BCUT2D eigenvalue weighted by Gasteiger charge is 2.04. The van der Waals surface area contributed by atoms with Crippen LogP contribution in [0.15, 0.2) is 11.4 Å². The summed E-state index contributed by atoms with van der Waals surface area (Å²) in [6.07, 6.45) is 0. The number of hydrogen-bond donors (Lipinski definition) is 1. The molecule has 2 N–H and O–H groups in total. The second kappa shape index (κ2) is 2.88. The minimum absolute atomic E-state index is 0.302. The first-order valence-corrected chi connectivity index (χ1v) is 4.78. The zero-order valence-corrected chi connectivity index (χ0v) is 7.69. The lowest BCUT2D eigenvalue weighted by Gasteiger charge is -1.97. The molecule has 5 heteroatoms. The van der Waals surface area contributed by atoms with E-state index < -0.39 is 0 Å². The summed E-state index contributed by atoms with van der Waals surface area (Å²) in [4.78, 5) is 8.24. The lowest BCUT2D eigenvalue weighted by atomic mass is 10.4. The summed E-state index contributed by atoms with van der Waals surface area (Å²) in [6.45, 7) is 0. The number of nitrogens with two attached hydrogens (primary N) is 1. The number of rotatable bonds is 1. The molecule has 0 saturated heterocycles. The molecule has 0 aliphatic heterocycles. The van der Waals surface area contributed by atoms with Crippen molar-refractivity contribution in [1.82, 2.24) is 9.97 Å². The molecule has 0 bridgehead atoms. The number of thiophene rings is 1. The Labute approximate surface area is 78.2 Å². The van der Waals surface area contributed by atoms with Gasteiger partial charge in [0.25, 0.3) is 0 Å². The Kier molecular flexibility index (Phi) is 1.86. The van der Waals surface area contributed by atoms with Gasteiger partial charge >= 0.3 is 0 Å². The van der Waals surface area contributed by atoms with Gasteiger partial charge in [0, 0.05) is 0 Å². The van der Waals surface area contributed by atoms with Gasteiger partial charge in [0.05, 0.1) is 16.1 Å². The van der Waals surface area contributed by atoms with E-state index in [1.54, 1.807) is 11.3 Å². The zero-order chi connectivity index (χ0) is 8.55. The fraction of sp³-hybridized carbons (Fsp3) is 0.143. The van der Waals surface area contributed by atoms with Gasteiger partial charge in [-0.05, 0) is 11.4 Å². The van der Waals surface area contributed by atoms with Crippen LogP contribution in [0.3, 0.4) is 0 Å². The molecule has 3 nitrogen and oxygen atoms in total. The Morgan fingerprint density at radius 1 is 1.50 bits per heavy atom. The predicted molar refractivity (Wildman–Crippen MR) is 51.4 cm³/mol. The Balaban J connectivity index is 2.75. The van der Waals surface area contributed by atoms with Gasteiger partial charge in [-0.25, -0.2) is 9.97 Å². The van der Waals surface area contributed by atoms with E-state index in [9.17, 15) is 0 Å². The van der Waals surface area contributed by atoms with Gasteiger partial charge in [-0.3, -0.25) is 0 Å². The maximum absolute atomic E-state index is 5.68. The first kappa shape index (κ1) is 7.76. The second-order valence-electron chi connectivity index (χ2n) is 2.29. The number of nitrogens with zero attached hydrogens (tertiary/aromatic N) is 2. The van der Waals surface area contributed by atoms with E-state index in [-0.39, 0.29) is 0 Å². The van der Waals surface area contributed by atoms with Crippen molar-refractivity contribution in [1.29, 1.82) is 0 Å². The summed E-state index contributed by atoms with van der Waals surface area (Å²) < 4.78 is 0.934. The Hall–Kier alpha value is -0.870. The van der Waals surface area contributed by atoms with Crippen LogP contribution in [-0.4, -0.2) is 9.97 Å². The van der Waals surface area contributed by atoms with Gasteiger partial charge < -0.3 is 5.73 Å². The molecule has 2 heterocycles. The monoisotopic (exact) mass is 199 g/mol. The molecule has 2 rings (SSSR count). The molecule has 0 atom stereocenters. The third-order valence-corrected chi connectivity index (χ3v) is 2.66. The number of anilines is 1. The summed E-state index contributed by atoms with van der Waals surface area (Å²) in [6, 6.07) is 1.91. The van der Waals surface area contributed by atoms with Crippen molar-refractivity contribution >= 4 is 39.0 Å². The molecule has 0 aromatic carbocycles. The van der Waals surface area contributed by atoms with Crippen molar-refractivity contribution in [2.45, 2.75) is 5.88 Å². The molecule has 0 saturated carbocycles. The number of fused-ring (bicyclic) bond motifs is 1. The molecule has 0 radical (unpaired) electrons. The maximum atomic E-state index is 5.68. The van der Waals surface area contributed by atoms with Crippen molar-refractivity contribution in [2.75, 3.05) is 5.73 Å². The third kappa shape index (κ3) is 1.13. The molecule has 0 unspecified atom stereocenters. The molecule has 0 fully saturated rings. The smallest absolute Gasteiger partial charge is 0.146 e. The molecule has 0 aliphatic rings. The van der Waals surface area contributed by atoms with Crippen LogP contribution in [-0.2, 0) is 5.88 Å². The summed E-state index contributed by atoms with van der Waals surface area (Å²) in [5, 5.41) is 1.94. The summed E-state index contributed by atoms with van der Waals surface area (Å²) in [5.74, 6) is 1.40. The number of alkyl halides is 1. The van der Waals surface area contributed by atoms with Crippen LogP contribution in [0, 0.1) is 0 Å². The normalized spacial score (nSPS) is 10.8. The Morgan fingerprint density at radius 3 is 3.08 bits per heavy atom. The van der Waals surface area contributed by atoms with E-state index in [2.05, 4.69) is 9.97 Å². The molecule has 0 spiro atoms. The molecule has 62 valence electrons. The van der Waals surface area contributed by atoms with Crippen LogP contribution in [0.4, 0.5) is 5.82 Å². The van der Waals surface area contributed by atoms with Crippen LogP contribution >= 0.6 is 22.9 Å². The van der Waals surface area contributed by atoms with Gasteiger partial charge in [0.15, 0.2) is 0 Å². The first-order chi connectivity index (χ1) is 5.81. The van der Waals surface area contributed by atoms with Crippen LogP contribution in [0.2, 0.25) is 0 Å². The highest BCUT2D eigenvalue weighted by Crippen LogP contribution is 2.23. The number of nitrogen functional groups attached to an aromatic ring is 1. The number of halogens is 1. The van der Waals surface area contributed by atoms with E-state index in [0.717, 1.165) is 10.2 Å². The fourth-order valence-corrected chi connectivity index (χ4v) is 1.85. The van der Waals surface area contributed by atoms with Crippen LogP contribution in [0.5, 0.6) is 0 Å². The number of hydrogen-bond acceptors (Lipinski definition) is 4. The second-order valence-corrected chi connectivity index (χ2v) is 3.48. The third-order valence-electron chi connectivity index (χ3n) is 1.50. The average molecular weight is 200 g/mol. The summed E-state index contributed by atoms with van der Waals surface area (Å²) in [5.41, 5.74) is 6.56. The van der Waals surface area contributed by atoms with Crippen molar-refractivity contribution in [3.8, 4) is 0 Å². The lowest BCUT2D eigenvalue weighted by molar-refractivity contribution is 1.07. The van der Waals surface area contributed by atoms with Gasteiger partial charge in [-0.2, -0.15) is 0 Å². The van der Waals surface area contributed by atoms with Crippen LogP contribution in [0.25, 0.3) is 10.2 Å². The standard InChI is InChI=1S/C7H6ClN3S/c8-3-5-10-4-1-2-12-6(4)7(9)11-5/h1-2H,3H2,(H2,9,10,11). The molecule has 2 aromatic heterocycles. The minimum atomic E-state index is 0.302. The summed E-state index contributed by atoms with van der Waals surface area (Å²) >= 11 is 7.13. The average Bonchev–Trinajstić information content (AvgIpc) is 2.52. The summed E-state index contributed by atoms with van der Waals surface area (Å²) in [7, 11) is 0. The maximum Gasteiger partial charge on any atom is 0.146 e. The lowest BCUT2D eigenvalue weighted by Crippen LogP contribution is -1.96. The molecular weight excluding hydrogens is 194 g/mol. The van der Waals surface area contributed by atoms with Crippen molar-refractivity contribution in [3.63, 3.8) is 0 Å². The van der Waals surface area contributed by atoms with E-state index in [1.165, 1.54) is 0 Å². The molecule has 0 amide bonds. The first-order valence-electron chi connectivity index (χ1n) is 3.37. The van der Waals surface area contributed by atoms with E-state index in [1.807, 2.05) is 11.4 Å². The highest BCUT2D eigenvalue weighted by molar-refractivity contribution is 7.17. The van der Waals surface area contributed by atoms with E-state index in [4.69, 9.17) is 17.3 Å². The molecule has 2 aromatic rings. The molecule has 12 heavy (non-hydrogen) atoms. The quantitative estimate of drug-likeness (QED) is 0.715. The molecule has 0 aliphatic carbocycles. The van der Waals surface area contributed by atoms with Crippen molar-refractivity contribution in [2.24, 2.45) is 0 Å². The van der Waals surface area contributed by atoms with Crippen LogP contribution in [0.1, 0.15) is 5.82 Å². The van der Waals surface area contributed by atoms with Crippen LogP contribution < -0.4 is 5.73 Å². The molecular formula is C7H6ClN3S.